The van der Waals surface area contributed by atoms with E-state index in [0.717, 1.165) is 61.3 Å². The van der Waals surface area contributed by atoms with Crippen LogP contribution in [-0.2, 0) is 0 Å². The molecular weight excluding hydrogens is 406 g/mol. The van der Waals surface area contributed by atoms with Gasteiger partial charge in [-0.2, -0.15) is 16.4 Å². The van der Waals surface area contributed by atoms with Crippen molar-refractivity contribution < 1.29 is 4.74 Å². The molecule has 2 N–H and O–H groups in total. The van der Waals surface area contributed by atoms with E-state index in [1.54, 1.807) is 24.6 Å². The summed E-state index contributed by atoms with van der Waals surface area (Å²) in [5.41, 5.74) is 7.99. The van der Waals surface area contributed by atoms with Crippen LogP contribution in [-0.4, -0.2) is 32.3 Å². The first kappa shape index (κ1) is 17.9. The van der Waals surface area contributed by atoms with E-state index < -0.39 is 0 Å². The fraction of sp³-hybridized carbons (Fsp3) is 0.0417. The molecule has 0 fully saturated rings. The fourth-order valence-corrected chi connectivity index (χ4v) is 4.54. The van der Waals surface area contributed by atoms with Crippen LogP contribution in [0.25, 0.3) is 55.6 Å². The number of nitrogens with one attached hydrogen (secondary N) is 2. The third kappa shape index (κ3) is 2.98. The van der Waals surface area contributed by atoms with Gasteiger partial charge in [-0.3, -0.25) is 15.1 Å². The Morgan fingerprint density at radius 3 is 2.68 bits per heavy atom. The lowest BCUT2D eigenvalue weighted by Crippen LogP contribution is -1.86. The van der Waals surface area contributed by atoms with E-state index in [4.69, 9.17) is 4.74 Å². The van der Waals surface area contributed by atoms with Crippen molar-refractivity contribution in [2.75, 3.05) is 7.11 Å². The van der Waals surface area contributed by atoms with Gasteiger partial charge in [0.25, 0.3) is 0 Å². The third-order valence-electron chi connectivity index (χ3n) is 5.44. The Kier molecular flexibility index (Phi) is 4.07. The number of fused-ring (bicyclic) bond motifs is 2. The van der Waals surface area contributed by atoms with E-state index in [-0.39, 0.29) is 0 Å². The van der Waals surface area contributed by atoms with Crippen molar-refractivity contribution in [1.29, 1.82) is 0 Å². The Labute approximate surface area is 181 Å². The van der Waals surface area contributed by atoms with Gasteiger partial charge in [0, 0.05) is 45.2 Å². The summed E-state index contributed by atoms with van der Waals surface area (Å²) in [5.74, 6) is 0.731. The number of rotatable bonds is 4. The van der Waals surface area contributed by atoms with Crippen molar-refractivity contribution in [3.05, 3.63) is 71.8 Å². The normalized spacial score (nSPS) is 11.4. The van der Waals surface area contributed by atoms with E-state index in [0.29, 0.717) is 0 Å². The number of hydrogen-bond donors (Lipinski definition) is 2. The van der Waals surface area contributed by atoms with Gasteiger partial charge in [0.1, 0.15) is 11.4 Å². The lowest BCUT2D eigenvalue weighted by molar-refractivity contribution is 0.413. The van der Waals surface area contributed by atoms with E-state index in [2.05, 4.69) is 60.2 Å². The van der Waals surface area contributed by atoms with Gasteiger partial charge < -0.3 is 9.72 Å². The van der Waals surface area contributed by atoms with Crippen LogP contribution in [0, 0.1) is 0 Å². The Morgan fingerprint density at radius 2 is 1.81 bits per heavy atom. The minimum Gasteiger partial charge on any atom is -0.495 e. The number of hydrogen-bond acceptors (Lipinski definition) is 5. The first-order valence-corrected chi connectivity index (χ1v) is 10.7. The van der Waals surface area contributed by atoms with Crippen LogP contribution in [0.4, 0.5) is 0 Å². The molecule has 5 aromatic heterocycles. The molecule has 0 saturated heterocycles. The number of methoxy groups -OCH3 is 1. The molecule has 0 aliphatic rings. The summed E-state index contributed by atoms with van der Waals surface area (Å²) >= 11 is 1.67. The zero-order valence-electron chi connectivity index (χ0n) is 16.6. The molecule has 1 aromatic carbocycles. The van der Waals surface area contributed by atoms with Crippen molar-refractivity contribution >= 4 is 33.1 Å². The summed E-state index contributed by atoms with van der Waals surface area (Å²) < 4.78 is 5.33. The maximum absolute atomic E-state index is 5.33. The molecule has 0 amide bonds. The van der Waals surface area contributed by atoms with Crippen LogP contribution in [0.5, 0.6) is 5.75 Å². The number of H-pyrrole nitrogens is 2. The highest BCUT2D eigenvalue weighted by molar-refractivity contribution is 7.08. The molecule has 0 atom stereocenters. The average Bonchev–Trinajstić information content (AvgIpc) is 3.57. The highest BCUT2D eigenvalue weighted by Gasteiger charge is 2.15. The molecule has 0 radical (unpaired) electrons. The minimum absolute atomic E-state index is 0.731. The molecule has 0 saturated carbocycles. The third-order valence-corrected chi connectivity index (χ3v) is 6.13. The highest BCUT2D eigenvalue weighted by atomic mass is 32.1. The number of aromatic nitrogens is 5. The molecule has 6 aromatic rings. The van der Waals surface area contributed by atoms with Crippen LogP contribution in [0.1, 0.15) is 0 Å². The van der Waals surface area contributed by atoms with Crippen molar-refractivity contribution in [3.63, 3.8) is 0 Å². The molecule has 0 spiro atoms. The zero-order valence-corrected chi connectivity index (χ0v) is 17.4. The SMILES string of the molecule is COc1cncc(-c2ccc3[nH]nc(-c4cc5c(-c6ccsc6)nccc5[nH]4)c3c2)c1. The van der Waals surface area contributed by atoms with Gasteiger partial charge in [0.15, 0.2) is 0 Å². The maximum Gasteiger partial charge on any atom is 0.137 e. The molecule has 7 heteroatoms. The largest absolute Gasteiger partial charge is 0.495 e. The summed E-state index contributed by atoms with van der Waals surface area (Å²) in [6, 6.07) is 14.4. The number of nitrogens with zero attached hydrogens (tertiary/aromatic N) is 3. The summed E-state index contributed by atoms with van der Waals surface area (Å²) in [4.78, 5) is 12.4. The van der Waals surface area contributed by atoms with Crippen LogP contribution in [0.15, 0.2) is 71.8 Å². The van der Waals surface area contributed by atoms with Crippen molar-refractivity contribution in [1.82, 2.24) is 25.1 Å². The van der Waals surface area contributed by atoms with Crippen LogP contribution >= 0.6 is 11.3 Å². The second-order valence-electron chi connectivity index (χ2n) is 7.26. The molecular formula is C24H17N5OS. The minimum atomic E-state index is 0.731. The number of benzene rings is 1. The Balaban J connectivity index is 1.50. The predicted molar refractivity (Wildman–Crippen MR) is 124 cm³/mol. The predicted octanol–water partition coefficient (Wildman–Crippen LogP) is 5.91. The van der Waals surface area contributed by atoms with Crippen molar-refractivity contribution in [3.8, 4) is 39.5 Å². The standard InChI is InChI=1S/C24H17N5OS/c1-30-17-8-16(11-25-12-17)14-2-3-21-18(9-14)24(29-28-21)22-10-19-20(27-22)4-6-26-23(19)15-5-7-31-13-15/h2-13,27H,1H3,(H,28,29). The lowest BCUT2D eigenvalue weighted by Gasteiger charge is -2.04. The monoisotopic (exact) mass is 423 g/mol. The lowest BCUT2D eigenvalue weighted by atomic mass is 10.0. The van der Waals surface area contributed by atoms with Crippen molar-refractivity contribution in [2.45, 2.75) is 0 Å². The Bertz CT molecular complexity index is 1530. The van der Waals surface area contributed by atoms with Crippen LogP contribution in [0.2, 0.25) is 0 Å². The zero-order chi connectivity index (χ0) is 20.8. The van der Waals surface area contributed by atoms with Gasteiger partial charge >= 0.3 is 0 Å². The molecule has 0 aliphatic heterocycles. The van der Waals surface area contributed by atoms with Gasteiger partial charge in [-0.1, -0.05) is 6.07 Å². The Morgan fingerprint density at radius 1 is 0.871 bits per heavy atom. The fourth-order valence-electron chi connectivity index (χ4n) is 3.90. The van der Waals surface area contributed by atoms with E-state index >= 15 is 0 Å². The topological polar surface area (TPSA) is 79.5 Å². The molecule has 31 heavy (non-hydrogen) atoms. The summed E-state index contributed by atoms with van der Waals surface area (Å²) in [7, 11) is 1.65. The number of aromatic amines is 2. The molecule has 6 nitrogen and oxygen atoms in total. The van der Waals surface area contributed by atoms with Gasteiger partial charge in [-0.15, -0.1) is 0 Å². The molecule has 0 bridgehead atoms. The number of ether oxygens (including phenoxy) is 1. The Hall–Kier alpha value is -3.97. The van der Waals surface area contributed by atoms with Gasteiger partial charge in [-0.25, -0.2) is 0 Å². The maximum atomic E-state index is 5.33. The number of thiophene rings is 1. The average molecular weight is 424 g/mol. The molecule has 5 heterocycles. The second kappa shape index (κ2) is 7.07. The number of pyridine rings is 2. The van der Waals surface area contributed by atoms with E-state index in [1.807, 2.05) is 30.6 Å². The van der Waals surface area contributed by atoms with Crippen LogP contribution in [0.3, 0.4) is 0 Å². The first-order chi connectivity index (χ1) is 15.3. The van der Waals surface area contributed by atoms with E-state index in [1.165, 1.54) is 0 Å². The second-order valence-corrected chi connectivity index (χ2v) is 8.04. The molecule has 0 unspecified atom stereocenters. The van der Waals surface area contributed by atoms with Crippen LogP contribution < -0.4 is 4.74 Å². The van der Waals surface area contributed by atoms with Crippen molar-refractivity contribution in [2.24, 2.45) is 0 Å². The van der Waals surface area contributed by atoms with E-state index in [9.17, 15) is 0 Å². The first-order valence-electron chi connectivity index (χ1n) is 9.78. The highest BCUT2D eigenvalue weighted by Crippen LogP contribution is 2.35. The van der Waals surface area contributed by atoms with Gasteiger partial charge in [0.05, 0.1) is 30.2 Å². The molecule has 0 aliphatic carbocycles. The molecule has 150 valence electrons. The summed E-state index contributed by atoms with van der Waals surface area (Å²) in [6.45, 7) is 0. The summed E-state index contributed by atoms with van der Waals surface area (Å²) in [5, 5.41) is 14.1. The van der Waals surface area contributed by atoms with Gasteiger partial charge in [0.2, 0.25) is 0 Å². The summed E-state index contributed by atoms with van der Waals surface area (Å²) in [6.07, 6.45) is 5.38. The molecule has 6 rings (SSSR count). The quantitative estimate of drug-likeness (QED) is 0.370. The smallest absolute Gasteiger partial charge is 0.137 e. The van der Waals surface area contributed by atoms with Gasteiger partial charge in [-0.05, 0) is 47.3 Å².